The summed E-state index contributed by atoms with van der Waals surface area (Å²) in [6.45, 7) is 10.7. The van der Waals surface area contributed by atoms with Crippen LogP contribution >= 0.6 is 0 Å². The number of methoxy groups -OCH3 is 1. The number of nitrogens with one attached hydrogen (secondary N) is 2. The second-order valence-electron chi connectivity index (χ2n) is 9.93. The second kappa shape index (κ2) is 14.5. The highest BCUT2D eigenvalue weighted by molar-refractivity contribution is 6.00. The van der Waals surface area contributed by atoms with Crippen molar-refractivity contribution in [1.29, 1.82) is 0 Å². The van der Waals surface area contributed by atoms with E-state index in [1.54, 1.807) is 30.0 Å². The Morgan fingerprint density at radius 3 is 2.13 bits per heavy atom. The highest BCUT2D eigenvalue weighted by Crippen LogP contribution is 2.21. The van der Waals surface area contributed by atoms with Gasteiger partial charge in [0.05, 0.1) is 7.11 Å². The molecule has 0 aliphatic rings. The smallest absolute Gasteiger partial charge is 0.253 e. The Morgan fingerprint density at radius 1 is 0.974 bits per heavy atom. The molecule has 0 aromatic heterocycles. The molecule has 3 unspecified atom stereocenters. The van der Waals surface area contributed by atoms with Gasteiger partial charge in [-0.05, 0) is 75.1 Å². The van der Waals surface area contributed by atoms with E-state index in [1.165, 1.54) is 31.4 Å². The number of carbonyl (C=O) groups is 3. The maximum absolute atomic E-state index is 13.3. The van der Waals surface area contributed by atoms with E-state index in [2.05, 4.69) is 10.6 Å². The van der Waals surface area contributed by atoms with Crippen molar-refractivity contribution in [3.8, 4) is 5.75 Å². The number of hydrogen-bond acceptors (Lipinski definition) is 5. The van der Waals surface area contributed by atoms with Crippen molar-refractivity contribution in [2.24, 2.45) is 17.6 Å². The third kappa shape index (κ3) is 8.83. The maximum atomic E-state index is 13.3. The first-order valence-corrected chi connectivity index (χ1v) is 13.1. The predicted octanol–water partition coefficient (Wildman–Crippen LogP) is 4.45. The van der Waals surface area contributed by atoms with Gasteiger partial charge in [-0.2, -0.15) is 0 Å². The molecule has 9 heteroatoms. The number of anilines is 1. The van der Waals surface area contributed by atoms with Gasteiger partial charge in [0, 0.05) is 47.9 Å². The van der Waals surface area contributed by atoms with Gasteiger partial charge in [-0.1, -0.05) is 20.8 Å². The molecule has 0 spiro atoms. The van der Waals surface area contributed by atoms with Crippen LogP contribution < -0.4 is 21.1 Å². The Labute approximate surface area is 225 Å². The molecule has 0 heterocycles. The van der Waals surface area contributed by atoms with Gasteiger partial charge in [-0.3, -0.25) is 14.4 Å². The number of carbonyl (C=O) groups excluding carboxylic acids is 3. The number of halogens is 1. The lowest BCUT2D eigenvalue weighted by Gasteiger charge is -2.28. The van der Waals surface area contributed by atoms with Crippen molar-refractivity contribution >= 4 is 23.4 Å². The lowest BCUT2D eigenvalue weighted by Crippen LogP contribution is -2.49. The van der Waals surface area contributed by atoms with E-state index in [9.17, 15) is 18.8 Å². The molecule has 8 nitrogen and oxygen atoms in total. The van der Waals surface area contributed by atoms with Crippen LogP contribution in [0, 0.1) is 17.7 Å². The zero-order valence-corrected chi connectivity index (χ0v) is 23.2. The number of ether oxygens (including phenoxy) is 1. The number of rotatable bonds is 13. The van der Waals surface area contributed by atoms with Crippen LogP contribution in [0.15, 0.2) is 42.5 Å². The van der Waals surface area contributed by atoms with Crippen LogP contribution in [0.4, 0.5) is 10.1 Å². The van der Waals surface area contributed by atoms with Crippen molar-refractivity contribution in [3.05, 3.63) is 59.4 Å². The van der Waals surface area contributed by atoms with Crippen LogP contribution in [0.3, 0.4) is 0 Å². The van der Waals surface area contributed by atoms with E-state index in [1.807, 2.05) is 27.7 Å². The van der Waals surface area contributed by atoms with E-state index in [0.717, 1.165) is 0 Å². The first kappa shape index (κ1) is 30.8. The molecular weight excluding hydrogens is 487 g/mol. The average Bonchev–Trinajstić information content (AvgIpc) is 2.89. The summed E-state index contributed by atoms with van der Waals surface area (Å²) in [5.41, 5.74) is 7.69. The topological polar surface area (TPSA) is 114 Å². The number of nitrogens with zero attached hydrogens (tertiary/aromatic N) is 1. The van der Waals surface area contributed by atoms with Crippen LogP contribution in [0.25, 0.3) is 0 Å². The molecule has 0 radical (unpaired) electrons. The SMILES string of the molecule is CCN(CC)C(=O)c1cc(OC)cc(C(=O)NC(CC(C)C)C(N)CC(C)C(=O)Nc2ccc(F)cc2)c1. The van der Waals surface area contributed by atoms with Gasteiger partial charge in [0.2, 0.25) is 5.91 Å². The van der Waals surface area contributed by atoms with E-state index < -0.39 is 18.0 Å². The van der Waals surface area contributed by atoms with Crippen molar-refractivity contribution < 1.29 is 23.5 Å². The molecule has 2 rings (SSSR count). The fourth-order valence-corrected chi connectivity index (χ4v) is 4.24. The van der Waals surface area contributed by atoms with E-state index >= 15 is 0 Å². The zero-order valence-electron chi connectivity index (χ0n) is 23.2. The maximum Gasteiger partial charge on any atom is 0.253 e. The molecule has 3 amide bonds. The summed E-state index contributed by atoms with van der Waals surface area (Å²) in [6, 6.07) is 9.41. The minimum Gasteiger partial charge on any atom is -0.497 e. The molecule has 3 atom stereocenters. The molecule has 0 saturated carbocycles. The van der Waals surface area contributed by atoms with Gasteiger partial charge < -0.3 is 26.0 Å². The van der Waals surface area contributed by atoms with Crippen molar-refractivity contribution in [1.82, 2.24) is 10.2 Å². The quantitative estimate of drug-likeness (QED) is 0.355. The fourth-order valence-electron chi connectivity index (χ4n) is 4.24. The monoisotopic (exact) mass is 528 g/mol. The normalized spacial score (nSPS) is 13.4. The molecular formula is C29H41FN4O4. The lowest BCUT2D eigenvalue weighted by molar-refractivity contribution is -0.119. The van der Waals surface area contributed by atoms with Gasteiger partial charge >= 0.3 is 0 Å². The first-order chi connectivity index (χ1) is 18.0. The minimum atomic E-state index is -0.502. The van der Waals surface area contributed by atoms with Crippen LogP contribution in [0.1, 0.15) is 68.2 Å². The Bertz CT molecular complexity index is 1090. The van der Waals surface area contributed by atoms with E-state index in [4.69, 9.17) is 10.5 Å². The van der Waals surface area contributed by atoms with Crippen LogP contribution in [-0.2, 0) is 4.79 Å². The number of amides is 3. The average molecular weight is 529 g/mol. The van der Waals surface area contributed by atoms with E-state index in [0.29, 0.717) is 48.5 Å². The first-order valence-electron chi connectivity index (χ1n) is 13.1. The molecule has 38 heavy (non-hydrogen) atoms. The molecule has 208 valence electrons. The summed E-state index contributed by atoms with van der Waals surface area (Å²) in [6.07, 6.45) is 0.933. The Balaban J connectivity index is 2.17. The number of hydrogen-bond donors (Lipinski definition) is 3. The number of nitrogens with two attached hydrogens (primary N) is 1. The summed E-state index contributed by atoms with van der Waals surface area (Å²) in [5.74, 6) is -0.984. The Morgan fingerprint density at radius 2 is 1.58 bits per heavy atom. The predicted molar refractivity (Wildman–Crippen MR) is 148 cm³/mol. The summed E-state index contributed by atoms with van der Waals surface area (Å²) in [7, 11) is 1.48. The Kier molecular flexibility index (Phi) is 11.7. The largest absolute Gasteiger partial charge is 0.497 e. The molecule has 0 fully saturated rings. The third-order valence-corrected chi connectivity index (χ3v) is 6.45. The van der Waals surface area contributed by atoms with Crippen LogP contribution in [0.2, 0.25) is 0 Å². The molecule has 0 aliphatic carbocycles. The summed E-state index contributed by atoms with van der Waals surface area (Å²) < 4.78 is 18.5. The highest BCUT2D eigenvalue weighted by atomic mass is 19.1. The molecule has 0 bridgehead atoms. The van der Waals surface area contributed by atoms with Crippen LogP contribution in [0.5, 0.6) is 5.75 Å². The second-order valence-corrected chi connectivity index (χ2v) is 9.93. The standard InChI is InChI=1S/C29H41FN4O4/c1-7-34(8-2)29(37)21-15-20(16-24(17-21)38-6)28(36)33-26(13-18(3)4)25(31)14-19(5)27(35)32-23-11-9-22(30)10-12-23/h9-12,15-19,25-26H,7-8,13-14,31H2,1-6H3,(H,32,35)(H,33,36). The zero-order chi connectivity index (χ0) is 28.4. The highest BCUT2D eigenvalue weighted by Gasteiger charge is 2.27. The van der Waals surface area contributed by atoms with E-state index in [-0.39, 0.29) is 29.5 Å². The summed E-state index contributed by atoms with van der Waals surface area (Å²) in [5, 5.41) is 5.79. The van der Waals surface area contributed by atoms with Crippen molar-refractivity contribution in [3.63, 3.8) is 0 Å². The molecule has 0 aliphatic heterocycles. The third-order valence-electron chi connectivity index (χ3n) is 6.45. The Hall–Kier alpha value is -3.46. The van der Waals surface area contributed by atoms with Crippen molar-refractivity contribution in [2.45, 2.75) is 59.5 Å². The molecule has 2 aromatic rings. The van der Waals surface area contributed by atoms with Crippen LogP contribution in [-0.4, -0.2) is 54.9 Å². The summed E-state index contributed by atoms with van der Waals surface area (Å²) in [4.78, 5) is 40.6. The lowest BCUT2D eigenvalue weighted by atomic mass is 9.90. The van der Waals surface area contributed by atoms with Gasteiger partial charge in [0.1, 0.15) is 11.6 Å². The van der Waals surface area contributed by atoms with Gasteiger partial charge in [-0.25, -0.2) is 4.39 Å². The van der Waals surface area contributed by atoms with Crippen molar-refractivity contribution in [2.75, 3.05) is 25.5 Å². The van der Waals surface area contributed by atoms with Gasteiger partial charge in [0.15, 0.2) is 0 Å². The molecule has 4 N–H and O–H groups in total. The summed E-state index contributed by atoms with van der Waals surface area (Å²) >= 11 is 0. The minimum absolute atomic E-state index is 0.181. The molecule has 0 saturated heterocycles. The van der Waals surface area contributed by atoms with Gasteiger partial charge in [0.25, 0.3) is 11.8 Å². The van der Waals surface area contributed by atoms with Gasteiger partial charge in [-0.15, -0.1) is 0 Å². The molecule has 2 aromatic carbocycles. The fraction of sp³-hybridized carbons (Fsp3) is 0.483. The number of benzene rings is 2.